The highest BCUT2D eigenvalue weighted by Gasteiger charge is 2.05. The van der Waals surface area contributed by atoms with E-state index in [0.29, 0.717) is 13.1 Å². The van der Waals surface area contributed by atoms with E-state index in [4.69, 9.17) is 5.11 Å². The van der Waals surface area contributed by atoms with Gasteiger partial charge in [-0.1, -0.05) is 69.3 Å². The lowest BCUT2D eigenvalue weighted by Crippen LogP contribution is -2.23. The highest BCUT2D eigenvalue weighted by atomic mass is 32.1. The molecule has 0 saturated heterocycles. The van der Waals surface area contributed by atoms with E-state index >= 15 is 0 Å². The van der Waals surface area contributed by atoms with Gasteiger partial charge in [0.05, 0.1) is 10.2 Å². The highest BCUT2D eigenvalue weighted by molar-refractivity contribution is 7.22. The molecule has 0 unspecified atom stereocenters. The van der Waals surface area contributed by atoms with Gasteiger partial charge in [0.25, 0.3) is 0 Å². The topological polar surface area (TPSA) is 74.2 Å². The number of carboxylic acid groups (broad SMARTS) is 1. The molecule has 0 aliphatic heterocycles. The predicted octanol–water partition coefficient (Wildman–Crippen LogP) is 6.05. The van der Waals surface area contributed by atoms with Gasteiger partial charge in [0.1, 0.15) is 0 Å². The van der Waals surface area contributed by atoms with Crippen molar-refractivity contribution in [2.45, 2.75) is 71.1 Å². The summed E-state index contributed by atoms with van der Waals surface area (Å²) in [5.74, 6) is 0. The molecule has 0 bridgehead atoms. The Balaban J connectivity index is 1.67. The fourth-order valence-corrected chi connectivity index (χ4v) is 4.10. The van der Waals surface area contributed by atoms with Crippen LogP contribution in [0.25, 0.3) is 10.2 Å². The summed E-state index contributed by atoms with van der Waals surface area (Å²) >= 11 is 1.67. The summed E-state index contributed by atoms with van der Waals surface area (Å²) in [4.78, 5) is 15.0. The molecule has 1 aromatic carbocycles. The average Bonchev–Trinajstić information content (AvgIpc) is 3.05. The van der Waals surface area contributed by atoms with Gasteiger partial charge in [0.15, 0.2) is 5.13 Å². The standard InChI is InChI=1S/C21H33N3O2S/c1-2-3-4-5-6-7-8-9-11-17-12-13-18-19(16-17)27-20(24-18)22-14-10-15-23-21(25)26/h12-13,16,23H,2-11,14-15H2,1H3,(H,22,24)(H,25,26). The Bertz CT molecular complexity index is 687. The minimum atomic E-state index is -0.973. The molecule has 3 N–H and O–H groups in total. The average molecular weight is 392 g/mol. The van der Waals surface area contributed by atoms with Gasteiger partial charge in [-0.05, 0) is 37.0 Å². The SMILES string of the molecule is CCCCCCCCCCc1ccc2nc(NCCCNC(=O)O)sc2c1. The van der Waals surface area contributed by atoms with Gasteiger partial charge >= 0.3 is 6.09 Å². The second-order valence-electron chi connectivity index (χ2n) is 7.06. The first kappa shape index (κ1) is 21.5. The summed E-state index contributed by atoms with van der Waals surface area (Å²) in [5, 5.41) is 15.1. The molecule has 2 rings (SSSR count). The molecule has 6 heteroatoms. The van der Waals surface area contributed by atoms with E-state index in [1.807, 2.05) is 0 Å². The number of fused-ring (bicyclic) bond motifs is 1. The molecule has 1 amide bonds. The maximum Gasteiger partial charge on any atom is 0.404 e. The molecule has 1 heterocycles. The lowest BCUT2D eigenvalue weighted by molar-refractivity contribution is 0.194. The first-order chi connectivity index (χ1) is 13.2. The number of nitrogens with one attached hydrogen (secondary N) is 2. The summed E-state index contributed by atoms with van der Waals surface area (Å²) in [6.45, 7) is 3.43. The Kier molecular flexibility index (Phi) is 9.98. The predicted molar refractivity (Wildman–Crippen MR) is 115 cm³/mol. The number of carbonyl (C=O) groups is 1. The van der Waals surface area contributed by atoms with Gasteiger partial charge in [-0.3, -0.25) is 0 Å². The van der Waals surface area contributed by atoms with E-state index in [2.05, 4.69) is 40.7 Å². The molecule has 0 saturated carbocycles. The number of anilines is 1. The maximum atomic E-state index is 10.4. The van der Waals surface area contributed by atoms with Crippen molar-refractivity contribution >= 4 is 32.8 Å². The Morgan fingerprint density at radius 3 is 2.52 bits per heavy atom. The molecule has 2 aromatic rings. The molecular formula is C21H33N3O2S. The Morgan fingerprint density at radius 2 is 1.78 bits per heavy atom. The van der Waals surface area contributed by atoms with Crippen molar-refractivity contribution in [3.8, 4) is 0 Å². The highest BCUT2D eigenvalue weighted by Crippen LogP contribution is 2.27. The number of rotatable bonds is 14. The van der Waals surface area contributed by atoms with Crippen LogP contribution in [-0.2, 0) is 6.42 Å². The maximum absolute atomic E-state index is 10.4. The van der Waals surface area contributed by atoms with Gasteiger partial charge in [0, 0.05) is 13.1 Å². The number of aromatic nitrogens is 1. The third kappa shape index (κ3) is 8.61. The van der Waals surface area contributed by atoms with Crippen LogP contribution in [0.5, 0.6) is 0 Å². The van der Waals surface area contributed by atoms with Crippen molar-refractivity contribution in [1.29, 1.82) is 0 Å². The number of nitrogens with zero attached hydrogens (tertiary/aromatic N) is 1. The summed E-state index contributed by atoms with van der Waals surface area (Å²) in [5.41, 5.74) is 2.43. The van der Waals surface area contributed by atoms with Crippen molar-refractivity contribution in [2.75, 3.05) is 18.4 Å². The zero-order valence-electron chi connectivity index (χ0n) is 16.4. The van der Waals surface area contributed by atoms with Crippen molar-refractivity contribution in [3.63, 3.8) is 0 Å². The molecular weight excluding hydrogens is 358 g/mol. The fourth-order valence-electron chi connectivity index (χ4n) is 3.14. The van der Waals surface area contributed by atoms with Crippen molar-refractivity contribution in [3.05, 3.63) is 23.8 Å². The van der Waals surface area contributed by atoms with Crippen LogP contribution in [0.1, 0.15) is 70.3 Å². The van der Waals surface area contributed by atoms with Crippen LogP contribution in [0.4, 0.5) is 9.93 Å². The van der Waals surface area contributed by atoms with Crippen LogP contribution in [0.2, 0.25) is 0 Å². The van der Waals surface area contributed by atoms with Crippen LogP contribution in [0.3, 0.4) is 0 Å². The van der Waals surface area contributed by atoms with Crippen LogP contribution in [0, 0.1) is 0 Å². The van der Waals surface area contributed by atoms with E-state index in [1.165, 1.54) is 61.6 Å². The molecule has 0 aliphatic rings. The number of thiazole rings is 1. The first-order valence-corrected chi connectivity index (χ1v) is 11.1. The first-order valence-electron chi connectivity index (χ1n) is 10.3. The molecule has 1 aromatic heterocycles. The van der Waals surface area contributed by atoms with E-state index in [0.717, 1.165) is 23.5 Å². The molecule has 27 heavy (non-hydrogen) atoms. The number of amides is 1. The molecule has 0 fully saturated rings. The van der Waals surface area contributed by atoms with E-state index in [1.54, 1.807) is 11.3 Å². The van der Waals surface area contributed by atoms with Crippen molar-refractivity contribution < 1.29 is 9.90 Å². The van der Waals surface area contributed by atoms with Crippen molar-refractivity contribution in [2.24, 2.45) is 0 Å². The molecule has 0 radical (unpaired) electrons. The summed E-state index contributed by atoms with van der Waals surface area (Å²) < 4.78 is 1.22. The number of aryl methyl sites for hydroxylation is 1. The fraction of sp³-hybridized carbons (Fsp3) is 0.619. The zero-order chi connectivity index (χ0) is 19.3. The second-order valence-corrected chi connectivity index (χ2v) is 8.09. The van der Waals surface area contributed by atoms with Gasteiger partial charge < -0.3 is 15.7 Å². The molecule has 150 valence electrons. The molecule has 0 atom stereocenters. The van der Waals surface area contributed by atoms with Crippen LogP contribution in [-0.4, -0.2) is 29.3 Å². The Labute approximate surface area is 166 Å². The van der Waals surface area contributed by atoms with Gasteiger partial charge in [0.2, 0.25) is 0 Å². The summed E-state index contributed by atoms with van der Waals surface area (Å²) in [7, 11) is 0. The second kappa shape index (κ2) is 12.5. The molecule has 0 spiro atoms. The summed E-state index contributed by atoms with van der Waals surface area (Å²) in [6.07, 6.45) is 11.7. The van der Waals surface area contributed by atoms with E-state index in [-0.39, 0.29) is 0 Å². The smallest absolute Gasteiger partial charge is 0.404 e. The lowest BCUT2D eigenvalue weighted by Gasteiger charge is -2.02. The van der Waals surface area contributed by atoms with Gasteiger partial charge in [-0.25, -0.2) is 9.78 Å². The molecule has 5 nitrogen and oxygen atoms in total. The van der Waals surface area contributed by atoms with E-state index in [9.17, 15) is 4.79 Å². The van der Waals surface area contributed by atoms with Crippen molar-refractivity contribution in [1.82, 2.24) is 10.3 Å². The number of hydrogen-bond donors (Lipinski definition) is 3. The lowest BCUT2D eigenvalue weighted by atomic mass is 10.0. The van der Waals surface area contributed by atoms with Crippen LogP contribution in [0.15, 0.2) is 18.2 Å². The molecule has 0 aliphatic carbocycles. The van der Waals surface area contributed by atoms with Crippen LogP contribution < -0.4 is 10.6 Å². The van der Waals surface area contributed by atoms with Crippen LogP contribution >= 0.6 is 11.3 Å². The summed E-state index contributed by atoms with van der Waals surface area (Å²) in [6, 6.07) is 6.58. The normalized spacial score (nSPS) is 11.0. The number of hydrogen-bond acceptors (Lipinski definition) is 4. The minimum Gasteiger partial charge on any atom is -0.465 e. The third-order valence-corrected chi connectivity index (χ3v) is 5.65. The minimum absolute atomic E-state index is 0.454. The number of benzene rings is 1. The monoisotopic (exact) mass is 391 g/mol. The Morgan fingerprint density at radius 1 is 1.04 bits per heavy atom. The quantitative estimate of drug-likeness (QED) is 0.343. The third-order valence-electron chi connectivity index (χ3n) is 4.68. The van der Waals surface area contributed by atoms with Gasteiger partial charge in [-0.2, -0.15) is 0 Å². The largest absolute Gasteiger partial charge is 0.465 e. The number of unbranched alkanes of at least 4 members (excludes halogenated alkanes) is 7. The van der Waals surface area contributed by atoms with E-state index < -0.39 is 6.09 Å². The zero-order valence-corrected chi connectivity index (χ0v) is 17.2. The van der Waals surface area contributed by atoms with Gasteiger partial charge in [-0.15, -0.1) is 0 Å². The Hall–Kier alpha value is -1.82.